The van der Waals surface area contributed by atoms with Crippen molar-refractivity contribution in [2.75, 3.05) is 39.3 Å². The van der Waals surface area contributed by atoms with Gasteiger partial charge in [0.15, 0.2) is 0 Å². The number of hydrogen-bond donors (Lipinski definition) is 1. The summed E-state index contributed by atoms with van der Waals surface area (Å²) in [7, 11) is 0. The van der Waals surface area contributed by atoms with Crippen LogP contribution in [-0.4, -0.2) is 67.2 Å². The molecule has 0 aromatic carbocycles. The van der Waals surface area contributed by atoms with E-state index < -0.39 is 0 Å². The van der Waals surface area contributed by atoms with E-state index in [0.717, 1.165) is 26.2 Å². The van der Waals surface area contributed by atoms with Crippen molar-refractivity contribution in [3.05, 3.63) is 0 Å². The molecule has 1 saturated heterocycles. The van der Waals surface area contributed by atoms with E-state index in [4.69, 9.17) is 10.5 Å². The fourth-order valence-corrected chi connectivity index (χ4v) is 3.73. The van der Waals surface area contributed by atoms with Gasteiger partial charge in [0.1, 0.15) is 0 Å². The molecule has 2 fully saturated rings. The Morgan fingerprint density at radius 2 is 2.14 bits per heavy atom. The van der Waals surface area contributed by atoms with E-state index in [9.17, 15) is 4.79 Å². The van der Waals surface area contributed by atoms with Crippen LogP contribution in [0.4, 0.5) is 0 Å². The first-order valence-corrected chi connectivity index (χ1v) is 8.49. The van der Waals surface area contributed by atoms with Gasteiger partial charge in [-0.1, -0.05) is 19.8 Å². The van der Waals surface area contributed by atoms with E-state index in [1.165, 1.54) is 25.7 Å². The highest BCUT2D eigenvalue weighted by molar-refractivity contribution is 5.78. The van der Waals surface area contributed by atoms with Crippen LogP contribution in [0.15, 0.2) is 0 Å². The number of amides is 1. The molecular weight excluding hydrogens is 266 g/mol. The largest absolute Gasteiger partial charge is 0.375 e. The predicted octanol–water partition coefficient (Wildman–Crippen LogP) is 1.07. The SMILES string of the molecule is CCN(CC(=O)N1CCOC(C)C1)C1CCCCC1CN. The maximum Gasteiger partial charge on any atom is 0.236 e. The average molecular weight is 297 g/mol. The zero-order chi connectivity index (χ0) is 15.2. The molecular formula is C16H31N3O2. The predicted molar refractivity (Wildman–Crippen MR) is 84.0 cm³/mol. The molecule has 3 atom stereocenters. The van der Waals surface area contributed by atoms with Crippen molar-refractivity contribution in [3.8, 4) is 0 Å². The molecule has 1 amide bonds. The van der Waals surface area contributed by atoms with E-state index in [0.29, 0.717) is 25.1 Å². The Bertz CT molecular complexity index is 337. The van der Waals surface area contributed by atoms with Crippen molar-refractivity contribution < 1.29 is 9.53 Å². The molecule has 3 unspecified atom stereocenters. The molecule has 2 N–H and O–H groups in total. The average Bonchev–Trinajstić information content (AvgIpc) is 2.52. The lowest BCUT2D eigenvalue weighted by molar-refractivity contribution is -0.140. The van der Waals surface area contributed by atoms with Gasteiger partial charge < -0.3 is 15.4 Å². The Kier molecular flexibility index (Phi) is 6.45. The Morgan fingerprint density at radius 1 is 1.38 bits per heavy atom. The summed E-state index contributed by atoms with van der Waals surface area (Å²) in [6.45, 7) is 8.49. The maximum atomic E-state index is 12.5. The Balaban J connectivity index is 1.92. The van der Waals surface area contributed by atoms with Crippen molar-refractivity contribution in [1.29, 1.82) is 0 Å². The Labute approximate surface area is 128 Å². The highest BCUT2D eigenvalue weighted by Gasteiger charge is 2.31. The number of morpholine rings is 1. The Morgan fingerprint density at radius 3 is 2.81 bits per heavy atom. The fourth-order valence-electron chi connectivity index (χ4n) is 3.73. The van der Waals surface area contributed by atoms with Gasteiger partial charge in [0.25, 0.3) is 0 Å². The lowest BCUT2D eigenvalue weighted by Gasteiger charge is -2.40. The number of hydrogen-bond acceptors (Lipinski definition) is 4. The number of ether oxygens (including phenoxy) is 1. The third-order valence-corrected chi connectivity index (χ3v) is 4.98. The first-order valence-electron chi connectivity index (χ1n) is 8.49. The van der Waals surface area contributed by atoms with Crippen molar-refractivity contribution in [2.24, 2.45) is 11.7 Å². The molecule has 2 rings (SSSR count). The molecule has 122 valence electrons. The number of likely N-dealkylation sites (N-methyl/N-ethyl adjacent to an activating group) is 1. The second-order valence-corrected chi connectivity index (χ2v) is 6.43. The van der Waals surface area contributed by atoms with Gasteiger partial charge in [-0.15, -0.1) is 0 Å². The van der Waals surface area contributed by atoms with Gasteiger partial charge >= 0.3 is 0 Å². The van der Waals surface area contributed by atoms with E-state index in [1.54, 1.807) is 0 Å². The number of nitrogens with zero attached hydrogens (tertiary/aromatic N) is 2. The molecule has 0 spiro atoms. The molecule has 1 heterocycles. The lowest BCUT2D eigenvalue weighted by Crippen LogP contribution is -2.52. The summed E-state index contributed by atoms with van der Waals surface area (Å²) < 4.78 is 5.52. The quantitative estimate of drug-likeness (QED) is 0.825. The third kappa shape index (κ3) is 4.41. The molecule has 0 aromatic rings. The Hall–Kier alpha value is -0.650. The molecule has 5 heteroatoms. The highest BCUT2D eigenvalue weighted by Crippen LogP contribution is 2.27. The first kappa shape index (κ1) is 16.7. The first-order chi connectivity index (χ1) is 10.2. The number of carbonyl (C=O) groups is 1. The summed E-state index contributed by atoms with van der Waals surface area (Å²) in [6.07, 6.45) is 5.10. The molecule has 1 aliphatic heterocycles. The van der Waals surface area contributed by atoms with Crippen molar-refractivity contribution >= 4 is 5.91 Å². The summed E-state index contributed by atoms with van der Waals surface area (Å²) >= 11 is 0. The minimum atomic E-state index is 0.157. The van der Waals surface area contributed by atoms with E-state index in [-0.39, 0.29) is 12.0 Å². The van der Waals surface area contributed by atoms with Gasteiger partial charge in [-0.3, -0.25) is 9.69 Å². The molecule has 1 saturated carbocycles. The van der Waals surface area contributed by atoms with Crippen LogP contribution in [0.1, 0.15) is 39.5 Å². The smallest absolute Gasteiger partial charge is 0.236 e. The zero-order valence-electron chi connectivity index (χ0n) is 13.6. The van der Waals surface area contributed by atoms with Crippen LogP contribution in [0.25, 0.3) is 0 Å². The van der Waals surface area contributed by atoms with Crippen molar-refractivity contribution in [1.82, 2.24) is 9.80 Å². The van der Waals surface area contributed by atoms with Gasteiger partial charge in [0.05, 0.1) is 19.3 Å². The normalized spacial score (nSPS) is 30.7. The van der Waals surface area contributed by atoms with E-state index in [2.05, 4.69) is 11.8 Å². The van der Waals surface area contributed by atoms with Gasteiger partial charge in [0, 0.05) is 19.1 Å². The molecule has 21 heavy (non-hydrogen) atoms. The molecule has 0 bridgehead atoms. The second kappa shape index (κ2) is 8.11. The number of rotatable bonds is 5. The summed E-state index contributed by atoms with van der Waals surface area (Å²) in [5, 5.41) is 0. The van der Waals surface area contributed by atoms with Crippen LogP contribution in [0, 0.1) is 5.92 Å². The van der Waals surface area contributed by atoms with E-state index >= 15 is 0 Å². The molecule has 0 radical (unpaired) electrons. The number of nitrogens with two attached hydrogens (primary N) is 1. The van der Waals surface area contributed by atoms with Crippen LogP contribution in [0.3, 0.4) is 0 Å². The monoisotopic (exact) mass is 297 g/mol. The van der Waals surface area contributed by atoms with E-state index in [1.807, 2.05) is 11.8 Å². The zero-order valence-corrected chi connectivity index (χ0v) is 13.6. The third-order valence-electron chi connectivity index (χ3n) is 4.98. The lowest BCUT2D eigenvalue weighted by atomic mass is 9.83. The number of carbonyl (C=O) groups excluding carboxylic acids is 1. The topological polar surface area (TPSA) is 58.8 Å². The molecule has 1 aliphatic carbocycles. The fraction of sp³-hybridized carbons (Fsp3) is 0.938. The maximum absolute atomic E-state index is 12.5. The van der Waals surface area contributed by atoms with Crippen LogP contribution < -0.4 is 5.73 Å². The van der Waals surface area contributed by atoms with Gasteiger partial charge in [-0.25, -0.2) is 0 Å². The molecule has 0 aromatic heterocycles. The van der Waals surface area contributed by atoms with Gasteiger partial charge in [-0.2, -0.15) is 0 Å². The van der Waals surface area contributed by atoms with Crippen molar-refractivity contribution in [2.45, 2.75) is 51.7 Å². The standard InChI is InChI=1S/C16H31N3O2/c1-3-18(15-7-5-4-6-14(15)10-17)12-16(20)19-8-9-21-13(2)11-19/h13-15H,3-12,17H2,1-2H3. The van der Waals surface area contributed by atoms with Gasteiger partial charge in [-0.05, 0) is 38.8 Å². The molecule has 5 nitrogen and oxygen atoms in total. The molecule has 2 aliphatic rings. The van der Waals surface area contributed by atoms with Crippen LogP contribution in [0.5, 0.6) is 0 Å². The highest BCUT2D eigenvalue weighted by atomic mass is 16.5. The summed E-state index contributed by atoms with van der Waals surface area (Å²) in [6, 6.07) is 0.483. The van der Waals surface area contributed by atoms with Crippen molar-refractivity contribution in [3.63, 3.8) is 0 Å². The minimum Gasteiger partial charge on any atom is -0.375 e. The summed E-state index contributed by atoms with van der Waals surface area (Å²) in [5.74, 6) is 0.795. The minimum absolute atomic E-state index is 0.157. The van der Waals surface area contributed by atoms with Crippen LogP contribution >= 0.6 is 0 Å². The second-order valence-electron chi connectivity index (χ2n) is 6.43. The van der Waals surface area contributed by atoms with Gasteiger partial charge in [0.2, 0.25) is 5.91 Å². The summed E-state index contributed by atoms with van der Waals surface area (Å²) in [5.41, 5.74) is 5.94. The van der Waals surface area contributed by atoms with Crippen LogP contribution in [0.2, 0.25) is 0 Å². The van der Waals surface area contributed by atoms with Crippen LogP contribution in [-0.2, 0) is 9.53 Å². The summed E-state index contributed by atoms with van der Waals surface area (Å²) in [4.78, 5) is 16.8.